The largest absolute Gasteiger partial charge is 0.450 e. The lowest BCUT2D eigenvalue weighted by Crippen LogP contribution is -2.46. The van der Waals surface area contributed by atoms with E-state index in [-0.39, 0.29) is 35.4 Å². The van der Waals surface area contributed by atoms with Crippen molar-refractivity contribution < 1.29 is 31.2 Å². The van der Waals surface area contributed by atoms with Gasteiger partial charge in [0.25, 0.3) is 0 Å². The number of rotatable bonds is 5. The highest BCUT2D eigenvalue weighted by atomic mass is 32.2. The fourth-order valence-electron chi connectivity index (χ4n) is 3.55. The third-order valence-corrected chi connectivity index (χ3v) is 8.47. The number of nitrogens with zero attached hydrogens (tertiary/aromatic N) is 2. The number of carbonyl (C=O) groups excluding carboxylic acids is 2. The topological polar surface area (TPSA) is 130 Å². The number of carbonyl (C=O) groups is 2. The maximum Gasteiger partial charge on any atom is 0.409 e. The van der Waals surface area contributed by atoms with E-state index in [0.717, 1.165) is 0 Å². The molecule has 2 aliphatic rings. The van der Waals surface area contributed by atoms with Gasteiger partial charge in [-0.25, -0.2) is 30.7 Å². The molecule has 1 N–H and O–H groups in total. The third-order valence-electron chi connectivity index (χ3n) is 5.12. The molecule has 3 rings (SSSR count). The van der Waals surface area contributed by atoms with Crippen LogP contribution < -0.4 is 9.03 Å². The molecule has 2 aliphatic heterocycles. The van der Waals surface area contributed by atoms with Gasteiger partial charge in [-0.05, 0) is 44.4 Å². The van der Waals surface area contributed by atoms with Crippen LogP contribution in [-0.2, 0) is 29.6 Å². The molecule has 0 aliphatic carbocycles. The average molecular weight is 460 g/mol. The number of nitrogens with one attached hydrogen (secondary N) is 1. The van der Waals surface area contributed by atoms with E-state index in [4.69, 9.17) is 4.74 Å². The molecule has 0 radical (unpaired) electrons. The molecule has 0 bridgehead atoms. The van der Waals surface area contributed by atoms with E-state index < -0.39 is 32.0 Å². The number of benzene rings is 1. The molecule has 2 fully saturated rings. The summed E-state index contributed by atoms with van der Waals surface area (Å²) in [6, 6.07) is 3.74. The minimum Gasteiger partial charge on any atom is -0.450 e. The first-order chi connectivity index (χ1) is 14.0. The van der Waals surface area contributed by atoms with Crippen molar-refractivity contribution in [1.29, 1.82) is 0 Å². The van der Waals surface area contributed by atoms with Gasteiger partial charge in [-0.1, -0.05) is 6.07 Å². The zero-order valence-corrected chi connectivity index (χ0v) is 18.5. The van der Waals surface area contributed by atoms with Crippen molar-refractivity contribution in [2.75, 3.05) is 29.8 Å². The van der Waals surface area contributed by atoms with Crippen LogP contribution in [0, 0.1) is 6.92 Å². The first-order valence-electron chi connectivity index (χ1n) is 9.65. The van der Waals surface area contributed by atoms with Gasteiger partial charge in [-0.3, -0.25) is 4.79 Å². The summed E-state index contributed by atoms with van der Waals surface area (Å²) < 4.78 is 58.6. The van der Waals surface area contributed by atoms with Crippen molar-refractivity contribution in [3.63, 3.8) is 0 Å². The van der Waals surface area contributed by atoms with Crippen LogP contribution in [0.1, 0.15) is 31.7 Å². The van der Waals surface area contributed by atoms with Gasteiger partial charge in [-0.2, -0.15) is 0 Å². The summed E-state index contributed by atoms with van der Waals surface area (Å²) >= 11 is 0. The van der Waals surface area contributed by atoms with Gasteiger partial charge in [0.05, 0.1) is 22.9 Å². The van der Waals surface area contributed by atoms with Crippen molar-refractivity contribution in [3.05, 3.63) is 23.8 Å². The Kier molecular flexibility index (Phi) is 6.39. The molecular weight excluding hydrogens is 434 g/mol. The molecule has 0 saturated carbocycles. The number of likely N-dealkylation sites (tertiary alicyclic amines) is 1. The molecule has 0 aromatic heterocycles. The Hall–Kier alpha value is -2.18. The molecule has 2 saturated heterocycles. The summed E-state index contributed by atoms with van der Waals surface area (Å²) in [5, 5.41) is 0. The first kappa shape index (κ1) is 22.5. The summed E-state index contributed by atoms with van der Waals surface area (Å²) in [6.07, 6.45) is 0.306. The van der Waals surface area contributed by atoms with Gasteiger partial charge < -0.3 is 9.64 Å². The predicted octanol–water partition coefficient (Wildman–Crippen LogP) is 0.961. The van der Waals surface area contributed by atoms with Gasteiger partial charge in [0.15, 0.2) is 0 Å². The van der Waals surface area contributed by atoms with E-state index in [9.17, 15) is 26.4 Å². The third kappa shape index (κ3) is 4.60. The Bertz CT molecular complexity index is 1050. The van der Waals surface area contributed by atoms with Crippen molar-refractivity contribution in [2.45, 2.75) is 44.0 Å². The zero-order chi connectivity index (χ0) is 22.1. The van der Waals surface area contributed by atoms with Crippen LogP contribution in [-0.4, -0.2) is 65.2 Å². The van der Waals surface area contributed by atoms with E-state index in [1.165, 1.54) is 23.1 Å². The number of amides is 2. The van der Waals surface area contributed by atoms with Gasteiger partial charge in [0.2, 0.25) is 26.0 Å². The normalized spacial score (nSPS) is 19.9. The molecular formula is C18H25N3O7S2. The first-order valence-corrected chi connectivity index (χ1v) is 12.7. The Morgan fingerprint density at radius 1 is 1.27 bits per heavy atom. The molecule has 2 heterocycles. The molecule has 1 aromatic rings. The minimum absolute atomic E-state index is 0.0144. The molecule has 12 heteroatoms. The zero-order valence-electron chi connectivity index (χ0n) is 16.8. The lowest BCUT2D eigenvalue weighted by molar-refractivity contribution is -0.116. The number of sulfonamides is 2. The standard InChI is InChI=1S/C18H25N3O7S2/c1-3-28-18(23)20-9-6-14(7-10-20)19-30(26,27)16-12-15(5-4-13(16)2)21-17(22)8-11-29(21,24)25/h4-5,12,14,19H,3,6-11H2,1-2H3. The van der Waals surface area contributed by atoms with E-state index >= 15 is 0 Å². The number of hydrogen-bond acceptors (Lipinski definition) is 7. The fourth-order valence-corrected chi connectivity index (χ4v) is 6.57. The highest BCUT2D eigenvalue weighted by Crippen LogP contribution is 2.29. The minimum atomic E-state index is -3.96. The van der Waals surface area contributed by atoms with Gasteiger partial charge in [0, 0.05) is 25.6 Å². The van der Waals surface area contributed by atoms with E-state index in [2.05, 4.69) is 4.72 Å². The van der Waals surface area contributed by atoms with Crippen LogP contribution in [0.2, 0.25) is 0 Å². The highest BCUT2D eigenvalue weighted by molar-refractivity contribution is 7.94. The van der Waals surface area contributed by atoms with Crippen LogP contribution in [0.4, 0.5) is 10.5 Å². The fraction of sp³-hybridized carbons (Fsp3) is 0.556. The average Bonchev–Trinajstić information content (AvgIpc) is 2.95. The summed E-state index contributed by atoms with van der Waals surface area (Å²) in [4.78, 5) is 25.3. The van der Waals surface area contributed by atoms with Gasteiger partial charge in [-0.15, -0.1) is 0 Å². The van der Waals surface area contributed by atoms with Crippen molar-refractivity contribution in [2.24, 2.45) is 0 Å². The van der Waals surface area contributed by atoms with Crippen molar-refractivity contribution >= 4 is 37.7 Å². The van der Waals surface area contributed by atoms with Gasteiger partial charge >= 0.3 is 6.09 Å². The molecule has 1 aromatic carbocycles. The summed E-state index contributed by atoms with van der Waals surface area (Å²) in [6.45, 7) is 4.32. The number of hydrogen-bond donors (Lipinski definition) is 1. The Morgan fingerprint density at radius 3 is 2.50 bits per heavy atom. The maximum atomic E-state index is 13.0. The summed E-state index contributed by atoms with van der Waals surface area (Å²) in [5.74, 6) is -0.875. The lowest BCUT2D eigenvalue weighted by Gasteiger charge is -2.31. The highest BCUT2D eigenvalue weighted by Gasteiger charge is 2.37. The monoisotopic (exact) mass is 459 g/mol. The van der Waals surface area contributed by atoms with Crippen LogP contribution in [0.3, 0.4) is 0 Å². The van der Waals surface area contributed by atoms with Crippen LogP contribution in [0.15, 0.2) is 23.1 Å². The smallest absolute Gasteiger partial charge is 0.409 e. The molecule has 2 amide bonds. The van der Waals surface area contributed by atoms with Crippen molar-refractivity contribution in [1.82, 2.24) is 9.62 Å². The maximum absolute atomic E-state index is 13.0. The second kappa shape index (κ2) is 8.52. The molecule has 0 atom stereocenters. The van der Waals surface area contributed by atoms with Crippen LogP contribution in [0.5, 0.6) is 0 Å². The Balaban J connectivity index is 1.77. The van der Waals surface area contributed by atoms with E-state index in [1.807, 2.05) is 0 Å². The Morgan fingerprint density at radius 2 is 1.93 bits per heavy atom. The van der Waals surface area contributed by atoms with Crippen LogP contribution >= 0.6 is 0 Å². The molecule has 30 heavy (non-hydrogen) atoms. The molecule has 0 unspecified atom stereocenters. The summed E-state index contributed by atoms with van der Waals surface area (Å²) in [7, 11) is -7.75. The number of anilines is 1. The Labute approximate surface area is 176 Å². The number of aryl methyl sites for hydroxylation is 1. The second-order valence-electron chi connectivity index (χ2n) is 7.26. The predicted molar refractivity (Wildman–Crippen MR) is 109 cm³/mol. The SMILES string of the molecule is CCOC(=O)N1CCC(NS(=O)(=O)c2cc(N3C(=O)CCS3(=O)=O)ccc2C)CC1. The number of piperidine rings is 1. The summed E-state index contributed by atoms with van der Waals surface area (Å²) in [5.41, 5.74) is 0.444. The molecule has 0 spiro atoms. The quantitative estimate of drug-likeness (QED) is 0.694. The molecule has 166 valence electrons. The molecule has 10 nitrogen and oxygen atoms in total. The van der Waals surface area contributed by atoms with E-state index in [1.54, 1.807) is 13.8 Å². The van der Waals surface area contributed by atoms with Gasteiger partial charge in [0.1, 0.15) is 0 Å². The lowest BCUT2D eigenvalue weighted by atomic mass is 10.1. The number of ether oxygens (including phenoxy) is 1. The van der Waals surface area contributed by atoms with E-state index in [0.29, 0.717) is 35.8 Å². The van der Waals surface area contributed by atoms with Crippen LogP contribution in [0.25, 0.3) is 0 Å². The second-order valence-corrected chi connectivity index (χ2v) is 10.9. The van der Waals surface area contributed by atoms with Crippen molar-refractivity contribution in [3.8, 4) is 0 Å².